The third kappa shape index (κ3) is 4.25. The molecule has 0 saturated heterocycles. The quantitative estimate of drug-likeness (QED) is 0.378. The maximum Gasteiger partial charge on any atom is 0.289 e. The number of benzene rings is 1. The summed E-state index contributed by atoms with van der Waals surface area (Å²) in [7, 11) is 0. The van der Waals surface area contributed by atoms with Crippen LogP contribution in [-0.4, -0.2) is 52.9 Å². The van der Waals surface area contributed by atoms with Gasteiger partial charge < -0.3 is 25.2 Å². The van der Waals surface area contributed by atoms with Gasteiger partial charge in [0.2, 0.25) is 5.76 Å². The monoisotopic (exact) mass is 421 g/mol. The minimum absolute atomic E-state index is 0.237. The number of hydrogen-bond acceptors (Lipinski definition) is 7. The van der Waals surface area contributed by atoms with Crippen LogP contribution in [0.5, 0.6) is 0 Å². The van der Waals surface area contributed by atoms with Crippen LogP contribution in [0.4, 0.5) is 11.4 Å². The Bertz CT molecular complexity index is 1120. The van der Waals surface area contributed by atoms with E-state index in [0.29, 0.717) is 23.5 Å². The molecule has 2 heterocycles. The Kier molecular flexibility index (Phi) is 6.18. The van der Waals surface area contributed by atoms with Crippen LogP contribution in [0.3, 0.4) is 0 Å². The zero-order valence-corrected chi connectivity index (χ0v) is 17.8. The number of hydrogen-bond donors (Lipinski definition) is 3. The predicted molar refractivity (Wildman–Crippen MR) is 120 cm³/mol. The molecule has 0 radical (unpaired) electrons. The highest BCUT2D eigenvalue weighted by molar-refractivity contribution is 6.07. The number of nitrogens with one attached hydrogen (secondary N) is 2. The summed E-state index contributed by atoms with van der Waals surface area (Å²) in [6, 6.07) is 7.71. The minimum atomic E-state index is -0.262. The van der Waals surface area contributed by atoms with E-state index >= 15 is 0 Å². The summed E-state index contributed by atoms with van der Waals surface area (Å²) in [5.41, 5.74) is 4.78. The Morgan fingerprint density at radius 2 is 2.10 bits per heavy atom. The highest BCUT2D eigenvalue weighted by Gasteiger charge is 2.23. The van der Waals surface area contributed by atoms with Gasteiger partial charge in [-0.15, -0.1) is 0 Å². The van der Waals surface area contributed by atoms with Crippen LogP contribution >= 0.6 is 0 Å². The lowest BCUT2D eigenvalue weighted by Gasteiger charge is -2.17. The van der Waals surface area contributed by atoms with E-state index in [1.54, 1.807) is 12.4 Å². The summed E-state index contributed by atoms with van der Waals surface area (Å²) < 4.78 is 5.87. The number of aryl methyl sites for hydroxylation is 1. The van der Waals surface area contributed by atoms with Crippen molar-refractivity contribution in [2.24, 2.45) is 5.16 Å². The number of fused-ring (bicyclic) bond motifs is 2. The second kappa shape index (κ2) is 9.18. The minimum Gasteiger partial charge on any atom is -0.447 e. The van der Waals surface area contributed by atoms with Crippen molar-refractivity contribution in [2.45, 2.75) is 26.7 Å². The van der Waals surface area contributed by atoms with Crippen LogP contribution in [0, 0.1) is 0 Å². The molecule has 1 aromatic carbocycles. The Morgan fingerprint density at radius 1 is 1.26 bits per heavy atom. The average molecular weight is 422 g/mol. The van der Waals surface area contributed by atoms with Crippen molar-refractivity contribution in [2.75, 3.05) is 31.5 Å². The third-order valence-corrected chi connectivity index (χ3v) is 5.74. The molecule has 1 aliphatic rings. The SMILES string of the molecule is CCN(CC)CCNC(=O)c1oc2cnccc2c1Nc1ccc2c(c1)CC/C2=N\O. The van der Waals surface area contributed by atoms with E-state index in [4.69, 9.17) is 9.62 Å². The standard InChI is InChI=1S/C23H27N5O3/c1-3-28(4-2)12-11-25-23(29)22-21(18-9-10-24-14-20(18)31-22)26-16-6-7-17-15(13-16)5-8-19(17)27-30/h6-7,9-10,13-14,26,30H,3-5,8,11-12H2,1-2H3,(H,25,29)/b27-19+. The molecular formula is C23H27N5O3. The van der Waals surface area contributed by atoms with Gasteiger partial charge in [0.15, 0.2) is 5.58 Å². The van der Waals surface area contributed by atoms with E-state index in [9.17, 15) is 4.79 Å². The molecule has 0 bridgehead atoms. The zero-order valence-electron chi connectivity index (χ0n) is 17.8. The Hall–Kier alpha value is -3.39. The molecule has 0 atom stereocenters. The number of carbonyl (C=O) groups excluding carboxylic acids is 1. The van der Waals surface area contributed by atoms with Crippen molar-refractivity contribution in [3.05, 3.63) is 53.5 Å². The van der Waals surface area contributed by atoms with Crippen LogP contribution in [-0.2, 0) is 6.42 Å². The maximum absolute atomic E-state index is 12.9. The number of oxime groups is 1. The molecule has 4 rings (SSSR count). The first-order valence-electron chi connectivity index (χ1n) is 10.6. The second-order valence-electron chi connectivity index (χ2n) is 7.50. The van der Waals surface area contributed by atoms with Gasteiger partial charge in [-0.1, -0.05) is 25.1 Å². The number of aromatic nitrogens is 1. The van der Waals surface area contributed by atoms with Gasteiger partial charge in [-0.3, -0.25) is 9.78 Å². The molecule has 8 heteroatoms. The lowest BCUT2D eigenvalue weighted by Crippen LogP contribution is -2.34. The Morgan fingerprint density at radius 3 is 2.87 bits per heavy atom. The molecule has 8 nitrogen and oxygen atoms in total. The van der Waals surface area contributed by atoms with Crippen molar-refractivity contribution in [1.29, 1.82) is 0 Å². The van der Waals surface area contributed by atoms with E-state index in [-0.39, 0.29) is 11.7 Å². The second-order valence-corrected chi connectivity index (χ2v) is 7.50. The molecule has 0 saturated carbocycles. The fourth-order valence-electron chi connectivity index (χ4n) is 3.98. The molecule has 31 heavy (non-hydrogen) atoms. The van der Waals surface area contributed by atoms with Crippen LogP contribution in [0.15, 0.2) is 46.2 Å². The highest BCUT2D eigenvalue weighted by atomic mass is 16.4. The van der Waals surface area contributed by atoms with Gasteiger partial charge in [-0.2, -0.15) is 0 Å². The van der Waals surface area contributed by atoms with E-state index in [1.165, 1.54) is 0 Å². The summed E-state index contributed by atoms with van der Waals surface area (Å²) in [4.78, 5) is 19.3. The molecule has 162 valence electrons. The topological polar surface area (TPSA) is 103 Å². The number of likely N-dealkylation sites (N-methyl/N-ethyl adjacent to an activating group) is 1. The van der Waals surface area contributed by atoms with Crippen molar-refractivity contribution in [1.82, 2.24) is 15.2 Å². The van der Waals surface area contributed by atoms with Crippen LogP contribution < -0.4 is 10.6 Å². The third-order valence-electron chi connectivity index (χ3n) is 5.74. The first-order chi connectivity index (χ1) is 15.1. The molecule has 1 amide bonds. The van der Waals surface area contributed by atoms with Gasteiger partial charge in [0.25, 0.3) is 5.91 Å². The summed E-state index contributed by atoms with van der Waals surface area (Å²) in [5, 5.41) is 19.7. The number of pyridine rings is 1. The molecule has 0 spiro atoms. The fourth-order valence-corrected chi connectivity index (χ4v) is 3.98. The number of furan rings is 1. The molecule has 0 aliphatic heterocycles. The van der Waals surface area contributed by atoms with Crippen molar-refractivity contribution >= 4 is 34.0 Å². The first kappa shape index (κ1) is 20.9. The molecular weight excluding hydrogens is 394 g/mol. The number of carbonyl (C=O) groups is 1. The largest absolute Gasteiger partial charge is 0.447 e. The lowest BCUT2D eigenvalue weighted by atomic mass is 10.1. The Labute approximate surface area is 180 Å². The number of amides is 1. The summed E-state index contributed by atoms with van der Waals surface area (Å²) in [6.07, 6.45) is 4.83. The van der Waals surface area contributed by atoms with Gasteiger partial charge in [0, 0.05) is 35.9 Å². The number of rotatable bonds is 8. The molecule has 3 aromatic rings. The number of anilines is 2. The summed E-state index contributed by atoms with van der Waals surface area (Å²) in [5.74, 6) is -0.0256. The molecule has 0 unspecified atom stereocenters. The molecule has 0 fully saturated rings. The van der Waals surface area contributed by atoms with Crippen LogP contribution in [0.25, 0.3) is 11.0 Å². The van der Waals surface area contributed by atoms with E-state index < -0.39 is 0 Å². The first-order valence-corrected chi connectivity index (χ1v) is 10.6. The predicted octanol–water partition coefficient (Wildman–Crippen LogP) is 3.77. The molecule has 3 N–H and O–H groups in total. The maximum atomic E-state index is 12.9. The highest BCUT2D eigenvalue weighted by Crippen LogP contribution is 2.34. The van der Waals surface area contributed by atoms with Crippen molar-refractivity contribution in [3.8, 4) is 0 Å². The summed E-state index contributed by atoms with van der Waals surface area (Å²) in [6.45, 7) is 7.41. The lowest BCUT2D eigenvalue weighted by molar-refractivity contribution is 0.0924. The van der Waals surface area contributed by atoms with Crippen molar-refractivity contribution in [3.63, 3.8) is 0 Å². The van der Waals surface area contributed by atoms with Crippen LogP contribution in [0.2, 0.25) is 0 Å². The van der Waals surface area contributed by atoms with Crippen molar-refractivity contribution < 1.29 is 14.4 Å². The van der Waals surface area contributed by atoms with E-state index in [1.807, 2.05) is 24.3 Å². The summed E-state index contributed by atoms with van der Waals surface area (Å²) >= 11 is 0. The van der Waals surface area contributed by atoms with Gasteiger partial charge in [-0.25, -0.2) is 0 Å². The zero-order chi connectivity index (χ0) is 21.8. The molecule has 2 aromatic heterocycles. The normalized spacial score (nSPS) is 14.4. The smallest absolute Gasteiger partial charge is 0.289 e. The van der Waals surface area contributed by atoms with Gasteiger partial charge in [0.1, 0.15) is 0 Å². The number of nitrogens with zero attached hydrogens (tertiary/aromatic N) is 3. The molecule has 1 aliphatic carbocycles. The average Bonchev–Trinajstić information content (AvgIpc) is 3.38. The fraction of sp³-hybridized carbons (Fsp3) is 0.348. The van der Waals surface area contributed by atoms with Gasteiger partial charge in [0.05, 0.1) is 17.6 Å². The Balaban J connectivity index is 1.59. The van der Waals surface area contributed by atoms with Gasteiger partial charge in [-0.05, 0) is 49.7 Å². The van der Waals surface area contributed by atoms with Crippen LogP contribution in [0.1, 0.15) is 41.9 Å². The van der Waals surface area contributed by atoms with E-state index in [0.717, 1.165) is 54.7 Å². The van der Waals surface area contributed by atoms with Gasteiger partial charge >= 0.3 is 0 Å². The van der Waals surface area contributed by atoms with E-state index in [2.05, 4.69) is 39.5 Å².